The molecule has 0 amide bonds. The maximum Gasteiger partial charge on any atom is 0.332 e. The summed E-state index contributed by atoms with van der Waals surface area (Å²) in [5.74, 6) is 0. The van der Waals surface area contributed by atoms with E-state index < -0.39 is 25.1 Å². The molecule has 0 aliphatic carbocycles. The fourth-order valence-corrected chi connectivity index (χ4v) is 3.39. The van der Waals surface area contributed by atoms with Gasteiger partial charge < -0.3 is 0 Å². The first-order chi connectivity index (χ1) is 8.70. The number of benzene rings is 1. The average Bonchev–Trinajstić information content (AvgIpc) is 2.35. The third-order valence-corrected chi connectivity index (χ3v) is 5.09. The van der Waals surface area contributed by atoms with Gasteiger partial charge in [-0.05, 0) is 37.1 Å². The van der Waals surface area contributed by atoms with Crippen molar-refractivity contribution >= 4 is 20.2 Å². The number of rotatable bonds is 6. The number of sulfonamides is 1. The molecule has 0 unspecified atom stereocenters. The lowest BCUT2D eigenvalue weighted by Crippen LogP contribution is -2.33. The normalized spacial score (nSPS) is 12.8. The Labute approximate surface area is 113 Å². The quantitative estimate of drug-likeness (QED) is 0.813. The van der Waals surface area contributed by atoms with Crippen molar-refractivity contribution in [3.63, 3.8) is 0 Å². The Morgan fingerprint density at radius 2 is 1.42 bits per heavy atom. The van der Waals surface area contributed by atoms with Crippen molar-refractivity contribution in [3.05, 3.63) is 24.3 Å². The van der Waals surface area contributed by atoms with E-state index in [2.05, 4.69) is 4.72 Å². The van der Waals surface area contributed by atoms with Crippen LogP contribution in [0.15, 0.2) is 34.1 Å². The molecular formula is C11H16FNO4S2. The Balaban J connectivity index is 3.04. The van der Waals surface area contributed by atoms with Gasteiger partial charge in [-0.2, -0.15) is 8.42 Å². The lowest BCUT2D eigenvalue weighted by molar-refractivity contribution is 0.529. The zero-order valence-electron chi connectivity index (χ0n) is 10.6. The highest BCUT2D eigenvalue weighted by Crippen LogP contribution is 2.16. The van der Waals surface area contributed by atoms with E-state index in [0.29, 0.717) is 12.8 Å². The summed E-state index contributed by atoms with van der Waals surface area (Å²) < 4.78 is 60.4. The molecule has 1 aromatic carbocycles. The molecular weight excluding hydrogens is 293 g/mol. The highest BCUT2D eigenvalue weighted by molar-refractivity contribution is 7.89. The van der Waals surface area contributed by atoms with Crippen molar-refractivity contribution in [2.45, 2.75) is 42.5 Å². The van der Waals surface area contributed by atoms with Crippen LogP contribution in [0.1, 0.15) is 26.7 Å². The Morgan fingerprint density at radius 1 is 1.00 bits per heavy atom. The third-order valence-electron chi connectivity index (χ3n) is 2.72. The average molecular weight is 309 g/mol. The van der Waals surface area contributed by atoms with E-state index in [1.165, 1.54) is 0 Å². The molecule has 8 heteroatoms. The van der Waals surface area contributed by atoms with Crippen molar-refractivity contribution < 1.29 is 20.7 Å². The number of hydrogen-bond acceptors (Lipinski definition) is 4. The third kappa shape index (κ3) is 4.26. The van der Waals surface area contributed by atoms with Crippen molar-refractivity contribution in [1.82, 2.24) is 4.72 Å². The highest BCUT2D eigenvalue weighted by atomic mass is 32.3. The van der Waals surface area contributed by atoms with E-state index >= 15 is 0 Å². The molecule has 1 aromatic rings. The maximum atomic E-state index is 12.7. The van der Waals surface area contributed by atoms with Gasteiger partial charge in [0.1, 0.15) is 0 Å². The Kier molecular flexibility index (Phi) is 5.05. The van der Waals surface area contributed by atoms with E-state index in [1.807, 2.05) is 13.8 Å². The first kappa shape index (κ1) is 16.1. The van der Waals surface area contributed by atoms with Gasteiger partial charge in [0, 0.05) is 6.04 Å². The van der Waals surface area contributed by atoms with Crippen molar-refractivity contribution in [1.29, 1.82) is 0 Å². The molecule has 1 N–H and O–H groups in total. The fraction of sp³-hybridized carbons (Fsp3) is 0.455. The van der Waals surface area contributed by atoms with Gasteiger partial charge >= 0.3 is 10.2 Å². The van der Waals surface area contributed by atoms with Crippen LogP contribution in [0.4, 0.5) is 3.89 Å². The number of halogens is 1. The van der Waals surface area contributed by atoms with Crippen LogP contribution in [0.5, 0.6) is 0 Å². The van der Waals surface area contributed by atoms with Gasteiger partial charge in [-0.3, -0.25) is 0 Å². The summed E-state index contributed by atoms with van der Waals surface area (Å²) in [5, 5.41) is 0. The molecule has 19 heavy (non-hydrogen) atoms. The van der Waals surface area contributed by atoms with Gasteiger partial charge in [0.25, 0.3) is 0 Å². The van der Waals surface area contributed by atoms with Gasteiger partial charge in [-0.15, -0.1) is 3.89 Å². The van der Waals surface area contributed by atoms with Gasteiger partial charge in [0.15, 0.2) is 0 Å². The number of hydrogen-bond donors (Lipinski definition) is 1. The summed E-state index contributed by atoms with van der Waals surface area (Å²) >= 11 is 0. The molecule has 0 aliphatic heterocycles. The smallest absolute Gasteiger partial charge is 0.208 e. The zero-order valence-corrected chi connectivity index (χ0v) is 12.3. The summed E-state index contributed by atoms with van der Waals surface area (Å²) in [7, 11) is -8.53. The summed E-state index contributed by atoms with van der Waals surface area (Å²) in [5.41, 5.74) is 0. The lowest BCUT2D eigenvalue weighted by Gasteiger charge is -2.14. The second-order valence-corrected chi connectivity index (χ2v) is 7.11. The van der Waals surface area contributed by atoms with Crippen LogP contribution in [-0.2, 0) is 20.2 Å². The minimum atomic E-state index is -4.81. The summed E-state index contributed by atoms with van der Waals surface area (Å²) in [6.07, 6.45) is 1.29. The molecule has 0 radical (unpaired) electrons. The van der Waals surface area contributed by atoms with Crippen molar-refractivity contribution in [3.8, 4) is 0 Å². The first-order valence-electron chi connectivity index (χ1n) is 5.77. The predicted octanol–water partition coefficient (Wildman–Crippen LogP) is 1.81. The minimum Gasteiger partial charge on any atom is -0.208 e. The lowest BCUT2D eigenvalue weighted by atomic mass is 10.2. The van der Waals surface area contributed by atoms with Crippen LogP contribution >= 0.6 is 0 Å². The molecule has 1 rings (SSSR count). The summed E-state index contributed by atoms with van der Waals surface area (Å²) in [4.78, 5) is -0.652. The second kappa shape index (κ2) is 5.98. The molecule has 0 heterocycles. The first-order valence-corrected chi connectivity index (χ1v) is 8.64. The molecule has 5 nitrogen and oxygen atoms in total. The van der Waals surface area contributed by atoms with Crippen LogP contribution in [-0.4, -0.2) is 22.9 Å². The van der Waals surface area contributed by atoms with Crippen molar-refractivity contribution in [2.75, 3.05) is 0 Å². The van der Waals surface area contributed by atoms with E-state index in [-0.39, 0.29) is 10.9 Å². The Bertz CT molecular complexity index is 619. The van der Waals surface area contributed by atoms with Crippen LogP contribution in [0, 0.1) is 0 Å². The Morgan fingerprint density at radius 3 is 1.79 bits per heavy atom. The largest absolute Gasteiger partial charge is 0.332 e. The van der Waals surface area contributed by atoms with Crippen LogP contribution in [0.25, 0.3) is 0 Å². The van der Waals surface area contributed by atoms with Gasteiger partial charge in [0.2, 0.25) is 10.0 Å². The molecule has 0 saturated carbocycles. The van der Waals surface area contributed by atoms with Crippen LogP contribution in [0.3, 0.4) is 0 Å². The minimum absolute atomic E-state index is 0.0909. The summed E-state index contributed by atoms with van der Waals surface area (Å²) in [6.45, 7) is 3.71. The van der Waals surface area contributed by atoms with Crippen LogP contribution in [0.2, 0.25) is 0 Å². The van der Waals surface area contributed by atoms with E-state index in [9.17, 15) is 20.7 Å². The molecule has 0 atom stereocenters. The van der Waals surface area contributed by atoms with E-state index in [0.717, 1.165) is 24.3 Å². The van der Waals surface area contributed by atoms with Gasteiger partial charge in [-0.1, -0.05) is 13.8 Å². The monoisotopic (exact) mass is 309 g/mol. The van der Waals surface area contributed by atoms with E-state index in [4.69, 9.17) is 0 Å². The van der Waals surface area contributed by atoms with Crippen molar-refractivity contribution in [2.24, 2.45) is 0 Å². The topological polar surface area (TPSA) is 80.3 Å². The fourth-order valence-electron chi connectivity index (χ4n) is 1.52. The number of nitrogens with one attached hydrogen (secondary N) is 1. The molecule has 0 aromatic heterocycles. The molecule has 0 fully saturated rings. The molecule has 0 aliphatic rings. The Hall–Kier alpha value is -0.990. The van der Waals surface area contributed by atoms with E-state index in [1.54, 1.807) is 0 Å². The predicted molar refractivity (Wildman–Crippen MR) is 69.4 cm³/mol. The summed E-state index contributed by atoms with van der Waals surface area (Å²) in [6, 6.07) is 3.80. The maximum absolute atomic E-state index is 12.7. The second-order valence-electron chi connectivity index (χ2n) is 4.04. The molecule has 0 bridgehead atoms. The molecule has 0 spiro atoms. The zero-order chi connectivity index (χ0) is 14.7. The van der Waals surface area contributed by atoms with Crippen LogP contribution < -0.4 is 4.72 Å². The standard InChI is InChI=1S/C11H16FNO4S2/c1-3-9(4-2)13-19(16,17)11-7-5-10(6-8-11)18(12,14)15/h5-9,13H,3-4H2,1-2H3. The van der Waals surface area contributed by atoms with Gasteiger partial charge in [-0.25, -0.2) is 13.1 Å². The molecule has 108 valence electrons. The highest BCUT2D eigenvalue weighted by Gasteiger charge is 2.19. The molecule has 0 saturated heterocycles. The SMILES string of the molecule is CCC(CC)NS(=O)(=O)c1ccc(S(=O)(=O)F)cc1. The van der Waals surface area contributed by atoms with Gasteiger partial charge in [0.05, 0.1) is 9.79 Å².